The summed E-state index contributed by atoms with van der Waals surface area (Å²) >= 11 is 11.8. The molecule has 1 N–H and O–H groups in total. The molecule has 2 aromatic rings. The maximum Gasteiger partial charge on any atom is 0.331 e. The molecular weight excluding hydrogens is 249 g/mol. The Bertz CT molecular complexity index is 491. The summed E-state index contributed by atoms with van der Waals surface area (Å²) in [7, 11) is 0. The monoisotopic (exact) mass is 255 g/mol. The van der Waals surface area contributed by atoms with Crippen molar-refractivity contribution in [3.8, 4) is 0 Å². The van der Waals surface area contributed by atoms with E-state index in [-0.39, 0.29) is 6.03 Å². The molecule has 1 amide bonds. The zero-order chi connectivity index (χ0) is 11.5. The Hall–Kier alpha value is -1.52. The van der Waals surface area contributed by atoms with E-state index in [4.69, 9.17) is 23.2 Å². The van der Waals surface area contributed by atoms with E-state index in [1.807, 2.05) is 0 Å². The largest absolute Gasteiger partial charge is 0.331 e. The smallest absolute Gasteiger partial charge is 0.304 e. The predicted molar refractivity (Wildman–Crippen MR) is 63.1 cm³/mol. The number of carbonyl (C=O) groups is 1. The topological polar surface area (TPSA) is 46.9 Å². The number of aromatic nitrogens is 2. The molecule has 0 fully saturated rings. The maximum absolute atomic E-state index is 11.7. The Labute approximate surface area is 102 Å². The van der Waals surface area contributed by atoms with Crippen molar-refractivity contribution >= 4 is 34.9 Å². The predicted octanol–water partition coefficient (Wildman–Crippen LogP) is 3.27. The Morgan fingerprint density at radius 3 is 2.56 bits per heavy atom. The molecule has 4 nitrogen and oxygen atoms in total. The normalized spacial score (nSPS) is 10.1. The fourth-order valence-corrected chi connectivity index (χ4v) is 1.66. The minimum absolute atomic E-state index is 0.368. The summed E-state index contributed by atoms with van der Waals surface area (Å²) in [5.41, 5.74) is 0.393. The van der Waals surface area contributed by atoms with Gasteiger partial charge in [0.05, 0.1) is 15.7 Å². The third-order valence-corrected chi connectivity index (χ3v) is 2.56. The zero-order valence-electron chi connectivity index (χ0n) is 8.02. The molecule has 1 aromatic heterocycles. The number of para-hydroxylation sites is 1. The second-order valence-electron chi connectivity index (χ2n) is 3.00. The van der Waals surface area contributed by atoms with Gasteiger partial charge in [-0.1, -0.05) is 29.3 Å². The van der Waals surface area contributed by atoms with Crippen LogP contribution in [0.5, 0.6) is 0 Å². The minimum Gasteiger partial charge on any atom is -0.304 e. The Morgan fingerprint density at radius 1 is 1.31 bits per heavy atom. The van der Waals surface area contributed by atoms with Gasteiger partial charge in [-0.3, -0.25) is 4.57 Å². The highest BCUT2D eigenvalue weighted by molar-refractivity contribution is 6.39. The third-order valence-electron chi connectivity index (χ3n) is 1.93. The summed E-state index contributed by atoms with van der Waals surface area (Å²) in [6.45, 7) is 0. The second kappa shape index (κ2) is 4.55. The van der Waals surface area contributed by atoms with E-state index in [9.17, 15) is 4.79 Å². The van der Waals surface area contributed by atoms with Gasteiger partial charge in [0, 0.05) is 12.4 Å². The SMILES string of the molecule is O=C(Nc1c(Cl)cccc1Cl)n1ccnc1. The Balaban J connectivity index is 2.25. The van der Waals surface area contributed by atoms with Crippen molar-refractivity contribution in [3.05, 3.63) is 47.0 Å². The first-order chi connectivity index (χ1) is 7.68. The van der Waals surface area contributed by atoms with Gasteiger partial charge >= 0.3 is 6.03 Å². The summed E-state index contributed by atoms with van der Waals surface area (Å²) in [5.74, 6) is 0. The highest BCUT2D eigenvalue weighted by atomic mass is 35.5. The maximum atomic E-state index is 11.7. The first-order valence-corrected chi connectivity index (χ1v) is 5.17. The van der Waals surface area contributed by atoms with E-state index >= 15 is 0 Å². The quantitative estimate of drug-likeness (QED) is 0.851. The van der Waals surface area contributed by atoms with Crippen molar-refractivity contribution in [3.63, 3.8) is 0 Å². The lowest BCUT2D eigenvalue weighted by Crippen LogP contribution is -2.18. The molecule has 0 aliphatic heterocycles. The number of nitrogens with one attached hydrogen (secondary N) is 1. The van der Waals surface area contributed by atoms with Crippen molar-refractivity contribution in [1.82, 2.24) is 9.55 Å². The van der Waals surface area contributed by atoms with Crippen molar-refractivity contribution in [2.45, 2.75) is 0 Å². The van der Waals surface area contributed by atoms with E-state index in [1.54, 1.807) is 18.2 Å². The number of amides is 1. The number of benzene rings is 1. The number of rotatable bonds is 1. The van der Waals surface area contributed by atoms with Crippen molar-refractivity contribution in [2.75, 3.05) is 5.32 Å². The van der Waals surface area contributed by atoms with Gasteiger partial charge in [-0.15, -0.1) is 0 Å². The lowest BCUT2D eigenvalue weighted by molar-refractivity contribution is 0.253. The summed E-state index contributed by atoms with van der Waals surface area (Å²) in [6, 6.07) is 4.64. The van der Waals surface area contributed by atoms with E-state index in [0.717, 1.165) is 0 Å². The molecule has 0 radical (unpaired) electrons. The van der Waals surface area contributed by atoms with E-state index in [1.165, 1.54) is 23.3 Å². The van der Waals surface area contributed by atoms with Crippen molar-refractivity contribution in [2.24, 2.45) is 0 Å². The molecule has 0 spiro atoms. The van der Waals surface area contributed by atoms with E-state index in [0.29, 0.717) is 15.7 Å². The standard InChI is InChI=1S/C10H7Cl2N3O/c11-7-2-1-3-8(12)9(7)14-10(16)15-5-4-13-6-15/h1-6H,(H,14,16). The molecule has 1 aromatic carbocycles. The van der Waals surface area contributed by atoms with Crippen LogP contribution in [0, 0.1) is 0 Å². The number of hydrogen-bond acceptors (Lipinski definition) is 2. The first-order valence-electron chi connectivity index (χ1n) is 4.42. The summed E-state index contributed by atoms with van der Waals surface area (Å²) < 4.78 is 1.29. The molecule has 0 atom stereocenters. The lowest BCUT2D eigenvalue weighted by atomic mass is 10.3. The third kappa shape index (κ3) is 2.18. The molecule has 16 heavy (non-hydrogen) atoms. The van der Waals surface area contributed by atoms with Crippen molar-refractivity contribution < 1.29 is 4.79 Å². The Morgan fingerprint density at radius 2 is 2.00 bits per heavy atom. The molecule has 0 saturated heterocycles. The molecule has 0 saturated carbocycles. The number of anilines is 1. The summed E-state index contributed by atoms with van der Waals surface area (Å²) in [4.78, 5) is 15.4. The van der Waals surface area contributed by atoms with Gasteiger partial charge in [0.15, 0.2) is 0 Å². The van der Waals surface area contributed by atoms with Crippen molar-refractivity contribution in [1.29, 1.82) is 0 Å². The fourth-order valence-electron chi connectivity index (χ4n) is 1.17. The van der Waals surface area contributed by atoms with Crippen LogP contribution in [0.25, 0.3) is 0 Å². The number of halogens is 2. The van der Waals surface area contributed by atoms with Crippen LogP contribution in [0.3, 0.4) is 0 Å². The summed E-state index contributed by atoms with van der Waals surface area (Å²) in [6.07, 6.45) is 4.42. The van der Waals surface area contributed by atoms with Gasteiger partial charge in [0.25, 0.3) is 0 Å². The van der Waals surface area contributed by atoms with Gasteiger partial charge in [0.1, 0.15) is 6.33 Å². The molecule has 82 valence electrons. The Kier molecular flexibility index (Phi) is 3.12. The van der Waals surface area contributed by atoms with Gasteiger partial charge < -0.3 is 5.32 Å². The molecule has 2 rings (SSSR count). The van der Waals surface area contributed by atoms with Crippen LogP contribution >= 0.6 is 23.2 Å². The molecule has 0 unspecified atom stereocenters. The van der Waals surface area contributed by atoms with Gasteiger partial charge in [-0.2, -0.15) is 0 Å². The van der Waals surface area contributed by atoms with Gasteiger partial charge in [-0.05, 0) is 12.1 Å². The van der Waals surface area contributed by atoms with E-state index < -0.39 is 0 Å². The number of imidazole rings is 1. The average molecular weight is 256 g/mol. The summed E-state index contributed by atoms with van der Waals surface area (Å²) in [5, 5.41) is 3.38. The van der Waals surface area contributed by atoms with Crippen LogP contribution in [-0.4, -0.2) is 15.6 Å². The number of carbonyl (C=O) groups excluding carboxylic acids is 1. The molecule has 0 aliphatic carbocycles. The first kappa shape index (κ1) is 11.0. The van der Waals surface area contributed by atoms with E-state index in [2.05, 4.69) is 10.3 Å². The second-order valence-corrected chi connectivity index (χ2v) is 3.81. The van der Waals surface area contributed by atoms with Gasteiger partial charge in [0.2, 0.25) is 0 Å². The average Bonchev–Trinajstić information content (AvgIpc) is 2.76. The lowest BCUT2D eigenvalue weighted by Gasteiger charge is -2.08. The molecule has 6 heteroatoms. The van der Waals surface area contributed by atoms with Crippen LogP contribution in [0.2, 0.25) is 10.0 Å². The van der Waals surface area contributed by atoms with Crippen LogP contribution in [-0.2, 0) is 0 Å². The van der Waals surface area contributed by atoms with Crippen LogP contribution < -0.4 is 5.32 Å². The zero-order valence-corrected chi connectivity index (χ0v) is 9.53. The fraction of sp³-hybridized carbons (Fsp3) is 0. The highest BCUT2D eigenvalue weighted by Crippen LogP contribution is 2.29. The number of nitrogens with zero attached hydrogens (tertiary/aromatic N) is 2. The molecule has 0 bridgehead atoms. The molecular formula is C10H7Cl2N3O. The van der Waals surface area contributed by atoms with Gasteiger partial charge in [-0.25, -0.2) is 9.78 Å². The highest BCUT2D eigenvalue weighted by Gasteiger charge is 2.10. The minimum atomic E-state index is -0.368. The van der Waals surface area contributed by atoms with Crippen LogP contribution in [0.4, 0.5) is 10.5 Å². The molecule has 0 aliphatic rings. The molecule has 1 heterocycles. The number of hydrogen-bond donors (Lipinski definition) is 1. The van der Waals surface area contributed by atoms with Crippen LogP contribution in [0.1, 0.15) is 0 Å². The van der Waals surface area contributed by atoms with Crippen LogP contribution in [0.15, 0.2) is 36.9 Å².